The average Bonchev–Trinajstić information content (AvgIpc) is 2.72. The summed E-state index contributed by atoms with van der Waals surface area (Å²) in [6.45, 7) is 1.90. The van der Waals surface area contributed by atoms with Gasteiger partial charge in [-0.3, -0.25) is 19.0 Å². The van der Waals surface area contributed by atoms with Crippen LogP contribution in [-0.2, 0) is 20.9 Å². The highest BCUT2D eigenvalue weighted by atomic mass is 16.5. The molecule has 0 aliphatic heterocycles. The summed E-state index contributed by atoms with van der Waals surface area (Å²) < 4.78 is 6.95. The third kappa shape index (κ3) is 3.36. The number of carbonyl (C=O) groups excluding carboxylic acids is 2. The van der Waals surface area contributed by atoms with E-state index in [1.54, 1.807) is 25.1 Å². The van der Waals surface area contributed by atoms with Gasteiger partial charge in [-0.1, -0.05) is 12.1 Å². The molecule has 4 fully saturated rings. The molecule has 0 radical (unpaired) electrons. The highest BCUT2D eigenvalue weighted by Crippen LogP contribution is 2.60. The molecule has 1 unspecified atom stereocenters. The molecule has 6 heteroatoms. The first-order chi connectivity index (χ1) is 14.4. The lowest BCUT2D eigenvalue weighted by molar-refractivity contribution is -0.165. The molecule has 30 heavy (non-hydrogen) atoms. The predicted molar refractivity (Wildman–Crippen MR) is 112 cm³/mol. The van der Waals surface area contributed by atoms with E-state index in [1.807, 2.05) is 6.07 Å². The van der Waals surface area contributed by atoms with Crippen LogP contribution < -0.4 is 5.56 Å². The molecule has 4 bridgehead atoms. The summed E-state index contributed by atoms with van der Waals surface area (Å²) in [6.07, 6.45) is 7.51. The molecule has 1 aromatic heterocycles. The molecule has 6 nitrogen and oxygen atoms in total. The van der Waals surface area contributed by atoms with Crippen molar-refractivity contribution in [2.24, 2.45) is 23.2 Å². The SMILES string of the molecule is CC(OC(=O)CCn1cnc2ccccc2c1=O)C(=O)C12CC3CC(CC(C3)C1)C2. The molecule has 0 saturated heterocycles. The Morgan fingerprint density at radius 1 is 1.13 bits per heavy atom. The van der Waals surface area contributed by atoms with Crippen molar-refractivity contribution in [3.63, 3.8) is 0 Å². The zero-order valence-electron chi connectivity index (χ0n) is 17.4. The smallest absolute Gasteiger partial charge is 0.308 e. The maximum atomic E-state index is 13.3. The number of hydrogen-bond acceptors (Lipinski definition) is 5. The third-order valence-electron chi connectivity index (χ3n) is 7.53. The van der Waals surface area contributed by atoms with Crippen molar-refractivity contribution < 1.29 is 14.3 Å². The van der Waals surface area contributed by atoms with Crippen LogP contribution in [0, 0.1) is 23.2 Å². The second kappa shape index (κ2) is 7.33. The summed E-state index contributed by atoms with van der Waals surface area (Å²) in [5.41, 5.74) is 0.190. The lowest BCUT2D eigenvalue weighted by Crippen LogP contribution is -2.52. The maximum absolute atomic E-state index is 13.3. The van der Waals surface area contributed by atoms with Crippen LogP contribution in [0.4, 0.5) is 0 Å². The zero-order valence-corrected chi connectivity index (χ0v) is 17.4. The number of rotatable bonds is 6. The van der Waals surface area contributed by atoms with E-state index in [1.165, 1.54) is 30.2 Å². The number of Topliss-reactive ketones (excluding diaryl/α,β-unsaturated/α-hetero) is 1. The molecule has 4 aliphatic carbocycles. The van der Waals surface area contributed by atoms with E-state index in [-0.39, 0.29) is 29.7 Å². The van der Waals surface area contributed by atoms with Crippen molar-refractivity contribution in [3.05, 3.63) is 40.9 Å². The summed E-state index contributed by atoms with van der Waals surface area (Å²) in [5, 5.41) is 0.527. The summed E-state index contributed by atoms with van der Waals surface area (Å²) >= 11 is 0. The molecule has 1 aromatic carbocycles. The minimum Gasteiger partial charge on any atom is -0.455 e. The number of fused-ring (bicyclic) bond motifs is 1. The predicted octanol–water partition coefficient (Wildman–Crippen LogP) is 3.50. The number of esters is 1. The molecule has 0 spiro atoms. The van der Waals surface area contributed by atoms with Gasteiger partial charge in [-0.2, -0.15) is 0 Å². The van der Waals surface area contributed by atoms with Gasteiger partial charge in [0.2, 0.25) is 0 Å². The van der Waals surface area contributed by atoms with Crippen molar-refractivity contribution in [3.8, 4) is 0 Å². The highest BCUT2D eigenvalue weighted by molar-refractivity contribution is 5.90. The van der Waals surface area contributed by atoms with Gasteiger partial charge in [-0.15, -0.1) is 0 Å². The van der Waals surface area contributed by atoms with Gasteiger partial charge in [-0.05, 0) is 75.3 Å². The summed E-state index contributed by atoms with van der Waals surface area (Å²) in [6, 6.07) is 7.14. The zero-order chi connectivity index (χ0) is 20.9. The van der Waals surface area contributed by atoms with Crippen LogP contribution in [0.5, 0.6) is 0 Å². The Hall–Kier alpha value is -2.50. The van der Waals surface area contributed by atoms with Gasteiger partial charge in [0.1, 0.15) is 0 Å². The number of carbonyl (C=O) groups is 2. The number of benzene rings is 1. The summed E-state index contributed by atoms with van der Waals surface area (Å²) in [7, 11) is 0. The Kier molecular flexibility index (Phi) is 4.75. The molecular weight excluding hydrogens is 380 g/mol. The molecule has 158 valence electrons. The topological polar surface area (TPSA) is 78.3 Å². The second-order valence-electron chi connectivity index (χ2n) is 9.70. The van der Waals surface area contributed by atoms with Crippen LogP contribution in [0.3, 0.4) is 0 Å². The number of ether oxygens (including phenoxy) is 1. The van der Waals surface area contributed by atoms with Crippen molar-refractivity contribution in [1.82, 2.24) is 9.55 Å². The van der Waals surface area contributed by atoms with E-state index in [0.717, 1.165) is 19.3 Å². The molecule has 4 aliphatic rings. The number of aromatic nitrogens is 2. The van der Waals surface area contributed by atoms with E-state index in [0.29, 0.717) is 28.7 Å². The first-order valence-electron chi connectivity index (χ1n) is 11.1. The van der Waals surface area contributed by atoms with Gasteiger partial charge in [-0.25, -0.2) is 4.98 Å². The van der Waals surface area contributed by atoms with Crippen molar-refractivity contribution in [1.29, 1.82) is 0 Å². The standard InChI is InChI=1S/C24H28N2O4/c1-15(22(28)24-11-16-8-17(12-24)10-18(9-16)13-24)30-21(27)6-7-26-14-25-20-5-3-2-4-19(20)23(26)29/h2-5,14-18H,6-13H2,1H3. The Morgan fingerprint density at radius 2 is 1.77 bits per heavy atom. The van der Waals surface area contributed by atoms with Gasteiger partial charge in [0.25, 0.3) is 5.56 Å². The fraction of sp³-hybridized carbons (Fsp3) is 0.583. The van der Waals surface area contributed by atoms with E-state index in [4.69, 9.17) is 4.74 Å². The van der Waals surface area contributed by atoms with Crippen LogP contribution in [0.2, 0.25) is 0 Å². The quantitative estimate of drug-likeness (QED) is 0.684. The van der Waals surface area contributed by atoms with E-state index in [9.17, 15) is 14.4 Å². The lowest BCUT2D eigenvalue weighted by atomic mass is 9.48. The van der Waals surface area contributed by atoms with Crippen LogP contribution in [0.1, 0.15) is 51.9 Å². The molecule has 4 saturated carbocycles. The molecule has 0 N–H and O–H groups in total. The minimum absolute atomic E-state index is 0.0401. The Labute approximate surface area is 175 Å². The first-order valence-corrected chi connectivity index (χ1v) is 11.1. The van der Waals surface area contributed by atoms with Crippen molar-refractivity contribution in [2.45, 2.75) is 64.5 Å². The molecule has 1 atom stereocenters. The van der Waals surface area contributed by atoms with Gasteiger partial charge < -0.3 is 4.74 Å². The van der Waals surface area contributed by atoms with Crippen molar-refractivity contribution in [2.75, 3.05) is 0 Å². The number of para-hydroxylation sites is 1. The molecule has 2 aromatic rings. The Morgan fingerprint density at radius 3 is 2.43 bits per heavy atom. The number of ketones is 1. The van der Waals surface area contributed by atoms with Crippen LogP contribution in [0.15, 0.2) is 35.4 Å². The van der Waals surface area contributed by atoms with Gasteiger partial charge in [0, 0.05) is 12.0 Å². The summed E-state index contributed by atoms with van der Waals surface area (Å²) in [5.74, 6) is 1.70. The Balaban J connectivity index is 1.21. The van der Waals surface area contributed by atoms with Gasteiger partial charge >= 0.3 is 5.97 Å². The molecule has 6 rings (SSSR count). The highest BCUT2D eigenvalue weighted by Gasteiger charge is 2.55. The number of hydrogen-bond donors (Lipinski definition) is 0. The molecular formula is C24H28N2O4. The van der Waals surface area contributed by atoms with Gasteiger partial charge in [0.15, 0.2) is 11.9 Å². The fourth-order valence-electron chi connectivity index (χ4n) is 6.63. The number of aryl methyl sites for hydroxylation is 1. The molecule has 0 amide bonds. The monoisotopic (exact) mass is 408 g/mol. The van der Waals surface area contributed by atoms with Crippen molar-refractivity contribution >= 4 is 22.7 Å². The minimum atomic E-state index is -0.722. The van der Waals surface area contributed by atoms with Gasteiger partial charge in [0.05, 0.1) is 23.7 Å². The van der Waals surface area contributed by atoms with E-state index < -0.39 is 12.1 Å². The third-order valence-corrected chi connectivity index (χ3v) is 7.53. The number of nitrogens with zero attached hydrogens (tertiary/aromatic N) is 2. The van der Waals surface area contributed by atoms with Crippen LogP contribution >= 0.6 is 0 Å². The largest absolute Gasteiger partial charge is 0.455 e. The fourth-order valence-corrected chi connectivity index (χ4v) is 6.63. The van der Waals surface area contributed by atoms with Crippen LogP contribution in [-0.4, -0.2) is 27.4 Å². The van der Waals surface area contributed by atoms with E-state index >= 15 is 0 Å². The first kappa shape index (κ1) is 19.5. The normalized spacial score (nSPS) is 30.4. The second-order valence-corrected chi connectivity index (χ2v) is 9.70. The Bertz CT molecular complexity index is 1020. The summed E-state index contributed by atoms with van der Waals surface area (Å²) in [4.78, 5) is 42.5. The van der Waals surface area contributed by atoms with Crippen LogP contribution in [0.25, 0.3) is 10.9 Å². The molecule has 1 heterocycles. The lowest BCUT2D eigenvalue weighted by Gasteiger charge is -2.56. The average molecular weight is 408 g/mol. The maximum Gasteiger partial charge on any atom is 0.308 e. The van der Waals surface area contributed by atoms with E-state index in [2.05, 4.69) is 4.98 Å².